The molecule has 104 valence electrons. The van der Waals surface area contributed by atoms with Gasteiger partial charge in [0.15, 0.2) is 0 Å². The quantitative estimate of drug-likeness (QED) is 0.867. The molecule has 1 aliphatic rings. The third-order valence-electron chi connectivity index (χ3n) is 3.27. The second-order valence-corrected chi connectivity index (χ2v) is 5.38. The van der Waals surface area contributed by atoms with Crippen molar-refractivity contribution in [3.8, 4) is 0 Å². The zero-order valence-electron chi connectivity index (χ0n) is 11.1. The van der Waals surface area contributed by atoms with Crippen LogP contribution in [0.25, 0.3) is 0 Å². The molecule has 4 nitrogen and oxygen atoms in total. The predicted molar refractivity (Wildman–Crippen MR) is 76.4 cm³/mol. The van der Waals surface area contributed by atoms with E-state index in [1.165, 1.54) is 0 Å². The highest BCUT2D eigenvalue weighted by molar-refractivity contribution is 6.31. The zero-order valence-corrected chi connectivity index (χ0v) is 11.8. The summed E-state index contributed by atoms with van der Waals surface area (Å²) in [6, 6.07) is 4.91. The van der Waals surface area contributed by atoms with E-state index in [0.29, 0.717) is 22.8 Å². The number of anilines is 1. The number of halogens is 1. The van der Waals surface area contributed by atoms with Gasteiger partial charge in [-0.15, -0.1) is 0 Å². The summed E-state index contributed by atoms with van der Waals surface area (Å²) in [6.45, 7) is 1.39. The van der Waals surface area contributed by atoms with E-state index in [-0.39, 0.29) is 12.0 Å². The molecule has 1 saturated heterocycles. The number of nitrogen functional groups attached to an aromatic ring is 1. The maximum absolute atomic E-state index is 12.3. The van der Waals surface area contributed by atoms with Gasteiger partial charge >= 0.3 is 0 Å². The molecule has 0 bridgehead atoms. The highest BCUT2D eigenvalue weighted by atomic mass is 35.5. The molecule has 19 heavy (non-hydrogen) atoms. The van der Waals surface area contributed by atoms with Gasteiger partial charge in [-0.2, -0.15) is 0 Å². The lowest BCUT2D eigenvalue weighted by molar-refractivity contribution is -0.000185. The summed E-state index contributed by atoms with van der Waals surface area (Å²) in [5, 5.41) is 0.477. The number of rotatable bonds is 3. The fraction of sp³-hybridized carbons (Fsp3) is 0.500. The van der Waals surface area contributed by atoms with Crippen molar-refractivity contribution in [1.82, 2.24) is 4.90 Å². The number of nitrogens with zero attached hydrogens (tertiary/aromatic N) is 1. The average molecular weight is 283 g/mol. The number of likely N-dealkylation sites (N-methyl/N-ethyl adjacent to an activating group) is 1. The fourth-order valence-electron chi connectivity index (χ4n) is 2.30. The highest BCUT2D eigenvalue weighted by Crippen LogP contribution is 2.19. The fourth-order valence-corrected chi connectivity index (χ4v) is 2.54. The SMILES string of the molecule is CN(CC1CCCCO1)C(=O)c1cc(N)cc(Cl)c1. The van der Waals surface area contributed by atoms with Crippen molar-refractivity contribution in [2.45, 2.75) is 25.4 Å². The molecule has 1 heterocycles. The first-order valence-corrected chi connectivity index (χ1v) is 6.87. The van der Waals surface area contributed by atoms with Crippen molar-refractivity contribution < 1.29 is 9.53 Å². The Labute approximate surface area is 118 Å². The Kier molecular flexibility index (Phi) is 4.66. The van der Waals surface area contributed by atoms with Gasteiger partial charge in [0, 0.05) is 36.5 Å². The lowest BCUT2D eigenvalue weighted by Gasteiger charge is -2.27. The average Bonchev–Trinajstić information content (AvgIpc) is 2.37. The van der Waals surface area contributed by atoms with Gasteiger partial charge in [-0.3, -0.25) is 4.79 Å². The molecule has 1 aliphatic heterocycles. The van der Waals surface area contributed by atoms with E-state index in [1.807, 2.05) is 0 Å². The molecule has 1 aromatic rings. The number of nitrogens with two attached hydrogens (primary N) is 1. The van der Waals surface area contributed by atoms with Gasteiger partial charge in [0.1, 0.15) is 0 Å². The van der Waals surface area contributed by atoms with Crippen LogP contribution in [0, 0.1) is 0 Å². The van der Waals surface area contributed by atoms with Crippen LogP contribution in [0.15, 0.2) is 18.2 Å². The van der Waals surface area contributed by atoms with E-state index >= 15 is 0 Å². The third kappa shape index (κ3) is 3.85. The van der Waals surface area contributed by atoms with Crippen molar-refractivity contribution in [2.24, 2.45) is 0 Å². The van der Waals surface area contributed by atoms with Crippen molar-refractivity contribution in [2.75, 3.05) is 25.9 Å². The molecule has 1 unspecified atom stereocenters. The number of ether oxygens (including phenoxy) is 1. The van der Waals surface area contributed by atoms with Crippen molar-refractivity contribution >= 4 is 23.2 Å². The molecule has 0 radical (unpaired) electrons. The maximum atomic E-state index is 12.3. The number of carbonyl (C=O) groups is 1. The monoisotopic (exact) mass is 282 g/mol. The standard InChI is InChI=1S/C14H19ClN2O2/c1-17(9-13-4-2-3-5-19-13)14(18)10-6-11(15)8-12(16)7-10/h6-8,13H,2-5,9,16H2,1H3. The highest BCUT2D eigenvalue weighted by Gasteiger charge is 2.20. The summed E-state index contributed by atoms with van der Waals surface area (Å²) >= 11 is 5.92. The summed E-state index contributed by atoms with van der Waals surface area (Å²) < 4.78 is 5.64. The molecule has 1 aromatic carbocycles. The van der Waals surface area contributed by atoms with Crippen molar-refractivity contribution in [1.29, 1.82) is 0 Å². The van der Waals surface area contributed by atoms with Gasteiger partial charge in [0.05, 0.1) is 6.10 Å². The van der Waals surface area contributed by atoms with Crippen LogP contribution in [0.4, 0.5) is 5.69 Å². The van der Waals surface area contributed by atoms with Gasteiger partial charge in [0.25, 0.3) is 5.91 Å². The number of hydrogen-bond acceptors (Lipinski definition) is 3. The Morgan fingerprint density at radius 2 is 2.26 bits per heavy atom. The summed E-state index contributed by atoms with van der Waals surface area (Å²) in [6.07, 6.45) is 3.42. The van der Waals surface area contributed by atoms with E-state index in [2.05, 4.69) is 0 Å². The molecule has 5 heteroatoms. The molecule has 2 N–H and O–H groups in total. The second kappa shape index (κ2) is 6.26. The van der Waals surface area contributed by atoms with Crippen LogP contribution in [-0.4, -0.2) is 37.1 Å². The summed E-state index contributed by atoms with van der Waals surface area (Å²) in [5.74, 6) is -0.0802. The normalized spacial score (nSPS) is 19.2. The Morgan fingerprint density at radius 3 is 2.89 bits per heavy atom. The van der Waals surface area contributed by atoms with Crippen LogP contribution >= 0.6 is 11.6 Å². The smallest absolute Gasteiger partial charge is 0.253 e. The van der Waals surface area contributed by atoms with Crippen LogP contribution < -0.4 is 5.73 Å². The third-order valence-corrected chi connectivity index (χ3v) is 3.48. The van der Waals surface area contributed by atoms with Crippen LogP contribution in [0.5, 0.6) is 0 Å². The first-order chi connectivity index (χ1) is 9.06. The van der Waals surface area contributed by atoms with E-state index in [4.69, 9.17) is 22.1 Å². The largest absolute Gasteiger partial charge is 0.399 e. The molecule has 0 aliphatic carbocycles. The number of benzene rings is 1. The Morgan fingerprint density at radius 1 is 1.47 bits per heavy atom. The van der Waals surface area contributed by atoms with E-state index in [1.54, 1.807) is 30.1 Å². The maximum Gasteiger partial charge on any atom is 0.253 e. The Balaban J connectivity index is 2.01. The van der Waals surface area contributed by atoms with Crippen LogP contribution in [0.3, 0.4) is 0 Å². The van der Waals surface area contributed by atoms with Gasteiger partial charge in [-0.25, -0.2) is 0 Å². The first kappa shape index (κ1) is 14.2. The van der Waals surface area contributed by atoms with E-state index in [0.717, 1.165) is 25.9 Å². The van der Waals surface area contributed by atoms with Gasteiger partial charge < -0.3 is 15.4 Å². The molecular weight excluding hydrogens is 264 g/mol. The zero-order chi connectivity index (χ0) is 13.8. The Hall–Kier alpha value is -1.26. The van der Waals surface area contributed by atoms with Crippen molar-refractivity contribution in [3.63, 3.8) is 0 Å². The number of hydrogen-bond donors (Lipinski definition) is 1. The van der Waals surface area contributed by atoms with Crippen LogP contribution in [0.1, 0.15) is 29.6 Å². The van der Waals surface area contributed by atoms with Gasteiger partial charge in [0.2, 0.25) is 0 Å². The number of amides is 1. The lowest BCUT2D eigenvalue weighted by Crippen LogP contribution is -2.37. The predicted octanol–water partition coefficient (Wildman–Crippen LogP) is 2.56. The molecule has 1 amide bonds. The minimum atomic E-state index is -0.0802. The molecule has 2 rings (SSSR count). The first-order valence-electron chi connectivity index (χ1n) is 6.49. The topological polar surface area (TPSA) is 55.6 Å². The molecule has 0 spiro atoms. The summed E-state index contributed by atoms with van der Waals surface area (Å²) in [7, 11) is 1.78. The Bertz CT molecular complexity index is 439. The molecular formula is C14H19ClN2O2. The molecule has 1 fully saturated rings. The van der Waals surface area contributed by atoms with Crippen LogP contribution in [-0.2, 0) is 4.74 Å². The summed E-state index contributed by atoms with van der Waals surface area (Å²) in [4.78, 5) is 13.9. The minimum Gasteiger partial charge on any atom is -0.399 e. The van der Waals surface area contributed by atoms with E-state index < -0.39 is 0 Å². The molecule has 0 aromatic heterocycles. The second-order valence-electron chi connectivity index (χ2n) is 4.95. The van der Waals surface area contributed by atoms with Gasteiger partial charge in [-0.1, -0.05) is 11.6 Å². The molecule has 1 atom stereocenters. The van der Waals surface area contributed by atoms with E-state index in [9.17, 15) is 4.79 Å². The lowest BCUT2D eigenvalue weighted by atomic mass is 10.1. The van der Waals surface area contributed by atoms with Crippen LogP contribution in [0.2, 0.25) is 5.02 Å². The van der Waals surface area contributed by atoms with Crippen molar-refractivity contribution in [3.05, 3.63) is 28.8 Å². The molecule has 0 saturated carbocycles. The minimum absolute atomic E-state index is 0.0802. The van der Waals surface area contributed by atoms with Gasteiger partial charge in [-0.05, 0) is 37.5 Å². The summed E-state index contributed by atoms with van der Waals surface area (Å²) in [5.41, 5.74) is 6.72. The number of carbonyl (C=O) groups excluding carboxylic acids is 1.